The van der Waals surface area contributed by atoms with E-state index in [0.717, 1.165) is 18.2 Å². The molecule has 1 aromatic rings. The minimum atomic E-state index is 0. The minimum Gasteiger partial charge on any atom is -0.398 e. The number of nitrogens with two attached hydrogens (primary N) is 1. The summed E-state index contributed by atoms with van der Waals surface area (Å²) in [5.41, 5.74) is 9.40. The Balaban J connectivity index is 0.000000963. The van der Waals surface area contributed by atoms with E-state index in [1.165, 1.54) is 30.5 Å². The molecule has 1 aromatic carbocycles. The van der Waals surface area contributed by atoms with Crippen molar-refractivity contribution in [3.63, 3.8) is 0 Å². The van der Waals surface area contributed by atoms with Crippen molar-refractivity contribution in [2.75, 3.05) is 12.3 Å². The fourth-order valence-corrected chi connectivity index (χ4v) is 2.18. The number of halogens is 1. The average molecular weight is 281 g/mol. The summed E-state index contributed by atoms with van der Waals surface area (Å²) < 4.78 is 0. The number of benzene rings is 1. The third kappa shape index (κ3) is 2.24. The molecule has 16 heavy (non-hydrogen) atoms. The molecular formula is C13H17BrN2. The molecule has 1 fully saturated rings. The minimum absolute atomic E-state index is 0. The Morgan fingerprint density at radius 3 is 2.88 bits per heavy atom. The first-order valence-electron chi connectivity index (χ1n) is 5.62. The molecule has 3 rings (SSSR count). The van der Waals surface area contributed by atoms with Crippen LogP contribution in [-0.2, 0) is 6.54 Å². The standard InChI is InChI=1S/C13H16N2.BrH/c14-13-3-1-2-11-9-15(7-6-12(11)13)8-10-4-5-10;/h1-3,6-7,10H,4-5,8-9,14H2;1H. The van der Waals surface area contributed by atoms with E-state index < -0.39 is 0 Å². The number of hydrogen-bond acceptors (Lipinski definition) is 2. The van der Waals surface area contributed by atoms with Gasteiger partial charge in [0, 0.05) is 30.5 Å². The normalized spacial score (nSPS) is 17.9. The summed E-state index contributed by atoms with van der Waals surface area (Å²) in [6.07, 6.45) is 7.16. The smallest absolute Gasteiger partial charge is 0.0430 e. The number of nitrogens with zero attached hydrogens (tertiary/aromatic N) is 1. The molecule has 0 radical (unpaired) electrons. The van der Waals surface area contributed by atoms with Crippen molar-refractivity contribution >= 4 is 28.7 Å². The van der Waals surface area contributed by atoms with Gasteiger partial charge in [-0.2, -0.15) is 0 Å². The van der Waals surface area contributed by atoms with Crippen molar-refractivity contribution < 1.29 is 0 Å². The maximum Gasteiger partial charge on any atom is 0.0430 e. The second-order valence-electron chi connectivity index (χ2n) is 4.61. The first-order valence-corrected chi connectivity index (χ1v) is 5.62. The first-order chi connectivity index (χ1) is 7.33. The molecule has 2 nitrogen and oxygen atoms in total. The first kappa shape index (κ1) is 11.5. The molecule has 0 unspecified atom stereocenters. The number of rotatable bonds is 2. The van der Waals surface area contributed by atoms with Gasteiger partial charge in [0.1, 0.15) is 0 Å². The van der Waals surface area contributed by atoms with Crippen molar-refractivity contribution in [3.8, 4) is 0 Å². The van der Waals surface area contributed by atoms with Crippen LogP contribution in [0.4, 0.5) is 5.69 Å². The van der Waals surface area contributed by atoms with Crippen LogP contribution >= 0.6 is 17.0 Å². The fourth-order valence-electron chi connectivity index (χ4n) is 2.18. The second-order valence-corrected chi connectivity index (χ2v) is 4.61. The summed E-state index contributed by atoms with van der Waals surface area (Å²) in [6.45, 7) is 2.23. The van der Waals surface area contributed by atoms with E-state index in [0.29, 0.717) is 0 Å². The van der Waals surface area contributed by atoms with Gasteiger partial charge in [-0.15, -0.1) is 17.0 Å². The Kier molecular flexibility index (Phi) is 3.24. The Bertz CT molecular complexity index is 410. The molecule has 0 bridgehead atoms. The lowest BCUT2D eigenvalue weighted by molar-refractivity contribution is 0.351. The quantitative estimate of drug-likeness (QED) is 0.844. The van der Waals surface area contributed by atoms with Gasteiger partial charge in [-0.25, -0.2) is 0 Å². The van der Waals surface area contributed by atoms with E-state index in [1.807, 2.05) is 12.1 Å². The van der Waals surface area contributed by atoms with E-state index in [4.69, 9.17) is 5.73 Å². The zero-order valence-electron chi connectivity index (χ0n) is 9.23. The van der Waals surface area contributed by atoms with Gasteiger partial charge in [0.2, 0.25) is 0 Å². The summed E-state index contributed by atoms with van der Waals surface area (Å²) >= 11 is 0. The molecule has 0 saturated heterocycles. The number of anilines is 1. The highest BCUT2D eigenvalue weighted by atomic mass is 79.9. The van der Waals surface area contributed by atoms with Crippen LogP contribution in [0.3, 0.4) is 0 Å². The van der Waals surface area contributed by atoms with Crippen LogP contribution in [0.1, 0.15) is 24.0 Å². The van der Waals surface area contributed by atoms with Crippen LogP contribution in [-0.4, -0.2) is 11.4 Å². The van der Waals surface area contributed by atoms with Gasteiger partial charge < -0.3 is 10.6 Å². The number of nitrogen functional groups attached to an aromatic ring is 1. The third-order valence-corrected chi connectivity index (χ3v) is 3.25. The molecule has 2 N–H and O–H groups in total. The monoisotopic (exact) mass is 280 g/mol. The van der Waals surface area contributed by atoms with E-state index in [2.05, 4.69) is 23.2 Å². The number of fused-ring (bicyclic) bond motifs is 1. The summed E-state index contributed by atoms with van der Waals surface area (Å²) in [7, 11) is 0. The van der Waals surface area contributed by atoms with Crippen molar-refractivity contribution in [2.24, 2.45) is 5.92 Å². The molecule has 1 saturated carbocycles. The summed E-state index contributed by atoms with van der Waals surface area (Å²) in [5, 5.41) is 0. The Morgan fingerprint density at radius 2 is 2.12 bits per heavy atom. The average Bonchev–Trinajstić information content (AvgIpc) is 3.02. The van der Waals surface area contributed by atoms with Gasteiger partial charge in [0.05, 0.1) is 0 Å². The third-order valence-electron chi connectivity index (χ3n) is 3.25. The van der Waals surface area contributed by atoms with E-state index in [9.17, 15) is 0 Å². The molecule has 0 amide bonds. The Hall–Kier alpha value is -0.960. The van der Waals surface area contributed by atoms with Gasteiger partial charge in [0.15, 0.2) is 0 Å². The van der Waals surface area contributed by atoms with Crippen molar-refractivity contribution in [1.82, 2.24) is 4.90 Å². The largest absolute Gasteiger partial charge is 0.398 e. The Labute approximate surface area is 107 Å². The zero-order chi connectivity index (χ0) is 10.3. The van der Waals surface area contributed by atoms with Crippen LogP contribution in [0.25, 0.3) is 6.08 Å². The molecule has 0 aromatic heterocycles. The predicted molar refractivity (Wildman–Crippen MR) is 73.3 cm³/mol. The van der Waals surface area contributed by atoms with Gasteiger partial charge in [-0.05, 0) is 36.5 Å². The SMILES string of the molecule is Br.Nc1cccc2c1C=CN(CC1CC1)C2. The fraction of sp³-hybridized carbons (Fsp3) is 0.385. The molecule has 0 atom stereocenters. The van der Waals surface area contributed by atoms with Gasteiger partial charge >= 0.3 is 0 Å². The van der Waals surface area contributed by atoms with E-state index in [1.54, 1.807) is 0 Å². The summed E-state index contributed by atoms with van der Waals surface area (Å²) in [5.74, 6) is 0.942. The Morgan fingerprint density at radius 1 is 1.31 bits per heavy atom. The van der Waals surface area contributed by atoms with Crippen molar-refractivity contribution in [2.45, 2.75) is 19.4 Å². The van der Waals surface area contributed by atoms with Crippen molar-refractivity contribution in [1.29, 1.82) is 0 Å². The lowest BCUT2D eigenvalue weighted by Crippen LogP contribution is -2.22. The summed E-state index contributed by atoms with van der Waals surface area (Å²) in [4.78, 5) is 2.40. The lowest BCUT2D eigenvalue weighted by Gasteiger charge is -2.25. The van der Waals surface area contributed by atoms with E-state index >= 15 is 0 Å². The topological polar surface area (TPSA) is 29.3 Å². The number of hydrogen-bond donors (Lipinski definition) is 1. The van der Waals surface area contributed by atoms with Crippen LogP contribution in [0.15, 0.2) is 24.4 Å². The molecule has 2 aliphatic rings. The lowest BCUT2D eigenvalue weighted by atomic mass is 10.0. The molecule has 1 heterocycles. The molecule has 0 spiro atoms. The van der Waals surface area contributed by atoms with Crippen LogP contribution in [0, 0.1) is 5.92 Å². The van der Waals surface area contributed by atoms with Crippen LogP contribution in [0.5, 0.6) is 0 Å². The molecule has 3 heteroatoms. The maximum atomic E-state index is 5.93. The van der Waals surface area contributed by atoms with Gasteiger partial charge in [-0.3, -0.25) is 0 Å². The van der Waals surface area contributed by atoms with Crippen LogP contribution in [0.2, 0.25) is 0 Å². The molecular weight excluding hydrogens is 264 g/mol. The maximum absolute atomic E-state index is 5.93. The van der Waals surface area contributed by atoms with Crippen molar-refractivity contribution in [3.05, 3.63) is 35.5 Å². The summed E-state index contributed by atoms with van der Waals surface area (Å²) in [6, 6.07) is 6.19. The second kappa shape index (κ2) is 4.50. The highest BCUT2D eigenvalue weighted by Gasteiger charge is 2.24. The highest BCUT2D eigenvalue weighted by Crippen LogP contribution is 2.32. The highest BCUT2D eigenvalue weighted by molar-refractivity contribution is 8.93. The van der Waals surface area contributed by atoms with Gasteiger partial charge in [-0.1, -0.05) is 12.1 Å². The van der Waals surface area contributed by atoms with Gasteiger partial charge in [0.25, 0.3) is 0 Å². The van der Waals surface area contributed by atoms with Crippen LogP contribution < -0.4 is 5.73 Å². The van der Waals surface area contributed by atoms with E-state index in [-0.39, 0.29) is 17.0 Å². The molecule has 86 valence electrons. The zero-order valence-corrected chi connectivity index (χ0v) is 10.9. The molecule has 1 aliphatic carbocycles. The predicted octanol–water partition coefficient (Wildman–Crippen LogP) is 3.04. The molecule has 1 aliphatic heterocycles.